The first kappa shape index (κ1) is 20.2. The molecular formula is C18H28N4O4S. The van der Waals surface area contributed by atoms with Crippen LogP contribution in [0.3, 0.4) is 0 Å². The lowest BCUT2D eigenvalue weighted by atomic mass is 10.2. The minimum Gasteiger partial charge on any atom is -0.379 e. The lowest BCUT2D eigenvalue weighted by molar-refractivity contribution is 0.0353. The number of aromatic nitrogens is 1. The molecule has 0 aromatic carbocycles. The van der Waals surface area contributed by atoms with Gasteiger partial charge in [-0.05, 0) is 25.5 Å². The number of hydrogen-bond acceptors (Lipinski definition) is 6. The molecule has 0 bridgehead atoms. The second kappa shape index (κ2) is 8.64. The Morgan fingerprint density at radius 3 is 2.70 bits per heavy atom. The zero-order chi connectivity index (χ0) is 19.4. The van der Waals surface area contributed by atoms with Crippen LogP contribution in [0.1, 0.15) is 22.6 Å². The second-order valence-electron chi connectivity index (χ2n) is 7.19. The molecule has 0 aliphatic carbocycles. The normalized spacial score (nSPS) is 21.7. The van der Waals surface area contributed by atoms with Crippen molar-refractivity contribution in [2.24, 2.45) is 0 Å². The lowest BCUT2D eigenvalue weighted by Crippen LogP contribution is -2.47. The highest BCUT2D eigenvalue weighted by atomic mass is 32.2. The molecule has 0 N–H and O–H groups in total. The van der Waals surface area contributed by atoms with Crippen molar-refractivity contribution in [2.75, 3.05) is 58.7 Å². The zero-order valence-corrected chi connectivity index (χ0v) is 16.8. The van der Waals surface area contributed by atoms with Crippen LogP contribution in [0.5, 0.6) is 0 Å². The van der Waals surface area contributed by atoms with E-state index in [9.17, 15) is 13.2 Å². The summed E-state index contributed by atoms with van der Waals surface area (Å²) < 4.78 is 31.6. The summed E-state index contributed by atoms with van der Waals surface area (Å²) in [5.41, 5.74) is 1.20. The minimum absolute atomic E-state index is 0.136. The maximum atomic E-state index is 12.7. The van der Waals surface area contributed by atoms with Gasteiger partial charge in [0.15, 0.2) is 0 Å². The average molecular weight is 397 g/mol. The van der Waals surface area contributed by atoms with E-state index in [1.54, 1.807) is 15.3 Å². The molecule has 1 amide bonds. The van der Waals surface area contributed by atoms with E-state index in [1.165, 1.54) is 6.26 Å². The first-order valence-corrected chi connectivity index (χ1v) is 11.2. The van der Waals surface area contributed by atoms with E-state index in [0.717, 1.165) is 18.8 Å². The summed E-state index contributed by atoms with van der Waals surface area (Å²) in [4.78, 5) is 20.9. The van der Waals surface area contributed by atoms with Gasteiger partial charge in [-0.25, -0.2) is 13.4 Å². The molecule has 3 heterocycles. The smallest absolute Gasteiger partial charge is 0.272 e. The number of carbonyl (C=O) groups is 1. The van der Waals surface area contributed by atoms with Gasteiger partial charge in [-0.2, -0.15) is 4.31 Å². The summed E-state index contributed by atoms with van der Waals surface area (Å²) in [6, 6.07) is 5.18. The Kier molecular flexibility index (Phi) is 6.46. The fourth-order valence-electron chi connectivity index (χ4n) is 3.67. The van der Waals surface area contributed by atoms with Crippen molar-refractivity contribution in [3.8, 4) is 0 Å². The molecular weight excluding hydrogens is 368 g/mol. The second-order valence-corrected chi connectivity index (χ2v) is 9.12. The van der Waals surface area contributed by atoms with Crippen LogP contribution in [0.25, 0.3) is 0 Å². The highest BCUT2D eigenvalue weighted by molar-refractivity contribution is 7.88. The van der Waals surface area contributed by atoms with E-state index < -0.39 is 10.0 Å². The molecule has 1 aromatic rings. The number of hydrogen-bond donors (Lipinski definition) is 0. The van der Waals surface area contributed by atoms with Crippen LogP contribution < -0.4 is 0 Å². The fraction of sp³-hybridized carbons (Fsp3) is 0.667. The highest BCUT2D eigenvalue weighted by Gasteiger charge is 2.35. The standard InChI is InChI=1S/C18H28N4O4S/c1-15-4-3-5-17(19-15)18(23)21-7-6-16(14-21)22(27(2,24)25)9-8-20-10-12-26-13-11-20/h3-5,16H,6-14H2,1-2H3/t16-/m0/s1. The fourth-order valence-corrected chi connectivity index (χ4v) is 4.80. The van der Waals surface area contributed by atoms with Gasteiger partial charge in [-0.15, -0.1) is 0 Å². The predicted octanol–water partition coefficient (Wildman–Crippen LogP) is 0.198. The largest absolute Gasteiger partial charge is 0.379 e. The summed E-state index contributed by atoms with van der Waals surface area (Å²) in [5.74, 6) is -0.136. The number of morpholine rings is 1. The van der Waals surface area contributed by atoms with Gasteiger partial charge in [-0.1, -0.05) is 6.07 Å². The summed E-state index contributed by atoms with van der Waals surface area (Å²) in [5, 5.41) is 0. The molecule has 2 aliphatic heterocycles. The van der Waals surface area contributed by atoms with Crippen molar-refractivity contribution < 1.29 is 17.9 Å². The van der Waals surface area contributed by atoms with Crippen molar-refractivity contribution in [3.05, 3.63) is 29.6 Å². The molecule has 2 saturated heterocycles. The molecule has 27 heavy (non-hydrogen) atoms. The van der Waals surface area contributed by atoms with Gasteiger partial charge in [0.05, 0.1) is 19.5 Å². The van der Waals surface area contributed by atoms with Gasteiger partial charge >= 0.3 is 0 Å². The van der Waals surface area contributed by atoms with Crippen LogP contribution in [0.4, 0.5) is 0 Å². The van der Waals surface area contributed by atoms with Gasteiger partial charge in [0, 0.05) is 51.0 Å². The summed E-state index contributed by atoms with van der Waals surface area (Å²) in [6.07, 6.45) is 1.90. The van der Waals surface area contributed by atoms with Crippen LogP contribution in [0.2, 0.25) is 0 Å². The third-order valence-electron chi connectivity index (χ3n) is 5.13. The van der Waals surface area contributed by atoms with Crippen LogP contribution in [0, 0.1) is 6.92 Å². The first-order chi connectivity index (χ1) is 12.8. The maximum Gasteiger partial charge on any atom is 0.272 e. The third kappa shape index (κ3) is 5.25. The van der Waals surface area contributed by atoms with Gasteiger partial charge in [0.1, 0.15) is 5.69 Å². The Balaban J connectivity index is 1.63. The maximum absolute atomic E-state index is 12.7. The van der Waals surface area contributed by atoms with Crippen LogP contribution in [-0.2, 0) is 14.8 Å². The monoisotopic (exact) mass is 396 g/mol. The molecule has 9 heteroatoms. The van der Waals surface area contributed by atoms with Gasteiger partial charge < -0.3 is 9.64 Å². The highest BCUT2D eigenvalue weighted by Crippen LogP contribution is 2.20. The third-order valence-corrected chi connectivity index (χ3v) is 6.46. The van der Waals surface area contributed by atoms with E-state index in [2.05, 4.69) is 9.88 Å². The minimum atomic E-state index is -3.35. The molecule has 0 saturated carbocycles. The van der Waals surface area contributed by atoms with Crippen molar-refractivity contribution >= 4 is 15.9 Å². The van der Waals surface area contributed by atoms with Crippen LogP contribution >= 0.6 is 0 Å². The van der Waals surface area contributed by atoms with E-state index >= 15 is 0 Å². The topological polar surface area (TPSA) is 83.1 Å². The number of amides is 1. The number of aryl methyl sites for hydroxylation is 1. The van der Waals surface area contributed by atoms with Crippen LogP contribution in [-0.4, -0.2) is 98.2 Å². The van der Waals surface area contributed by atoms with E-state index in [0.29, 0.717) is 51.5 Å². The van der Waals surface area contributed by atoms with E-state index in [1.807, 2.05) is 19.1 Å². The molecule has 0 spiro atoms. The quantitative estimate of drug-likeness (QED) is 0.683. The van der Waals surface area contributed by atoms with Gasteiger partial charge in [-0.3, -0.25) is 9.69 Å². The van der Waals surface area contributed by atoms with Crippen molar-refractivity contribution in [1.29, 1.82) is 0 Å². The van der Waals surface area contributed by atoms with Crippen molar-refractivity contribution in [3.63, 3.8) is 0 Å². The number of pyridine rings is 1. The molecule has 0 unspecified atom stereocenters. The number of sulfonamides is 1. The molecule has 2 aliphatic rings. The molecule has 1 aromatic heterocycles. The van der Waals surface area contributed by atoms with Crippen LogP contribution in [0.15, 0.2) is 18.2 Å². The Bertz CT molecular complexity index is 764. The molecule has 150 valence electrons. The SMILES string of the molecule is Cc1cccc(C(=O)N2CC[C@H](N(CCN3CCOCC3)S(C)(=O)=O)C2)n1. The Morgan fingerprint density at radius 1 is 1.30 bits per heavy atom. The molecule has 1 atom stereocenters. The zero-order valence-electron chi connectivity index (χ0n) is 16.0. The Labute approximate surface area is 161 Å². The number of nitrogens with zero attached hydrogens (tertiary/aromatic N) is 4. The van der Waals surface area contributed by atoms with E-state index in [-0.39, 0.29) is 11.9 Å². The molecule has 0 radical (unpaired) electrons. The number of rotatable bonds is 6. The summed E-state index contributed by atoms with van der Waals surface area (Å²) in [7, 11) is -3.35. The molecule has 3 rings (SSSR count). The lowest BCUT2D eigenvalue weighted by Gasteiger charge is -2.31. The predicted molar refractivity (Wildman–Crippen MR) is 102 cm³/mol. The average Bonchev–Trinajstić information content (AvgIpc) is 3.10. The van der Waals surface area contributed by atoms with Gasteiger partial charge in [0.2, 0.25) is 10.0 Å². The number of carbonyl (C=O) groups excluding carboxylic acids is 1. The number of ether oxygens (including phenoxy) is 1. The number of likely N-dealkylation sites (tertiary alicyclic amines) is 1. The van der Waals surface area contributed by atoms with E-state index in [4.69, 9.17) is 4.74 Å². The first-order valence-electron chi connectivity index (χ1n) is 9.34. The Hall–Kier alpha value is -1.55. The Morgan fingerprint density at radius 2 is 2.04 bits per heavy atom. The molecule has 8 nitrogen and oxygen atoms in total. The summed E-state index contributed by atoms with van der Waals surface area (Å²) in [6.45, 7) is 6.95. The van der Waals surface area contributed by atoms with Crippen molar-refractivity contribution in [1.82, 2.24) is 19.1 Å². The van der Waals surface area contributed by atoms with Crippen molar-refractivity contribution in [2.45, 2.75) is 19.4 Å². The molecule has 2 fully saturated rings. The van der Waals surface area contributed by atoms with Gasteiger partial charge in [0.25, 0.3) is 5.91 Å². The summed E-state index contributed by atoms with van der Waals surface area (Å²) >= 11 is 0.